The van der Waals surface area contributed by atoms with E-state index in [2.05, 4.69) is 0 Å². The maximum Gasteiger partial charge on any atom is 0.359 e. The lowest BCUT2D eigenvalue weighted by atomic mass is 10.1. The molecule has 0 spiro atoms. The van der Waals surface area contributed by atoms with E-state index < -0.39 is 31.8 Å². The van der Waals surface area contributed by atoms with Crippen LogP contribution in [0.1, 0.15) is 18.1 Å². The summed E-state index contributed by atoms with van der Waals surface area (Å²) in [5, 5.41) is 10.3. The standard InChI is InChI=1S/C19H23O6P/c1-14-17(23-12-15-8-4-2-5-9-15)18(19(20)26(21,22)25-14)24-13-16-10-6-3-7-11-16/h2-11,14,17-20H,12-13H2,1H3,(H,21,22)/t14-,17+,18+,19+/m0/s1. The van der Waals surface area contributed by atoms with E-state index in [1.165, 1.54) is 0 Å². The predicted octanol–water partition coefficient (Wildman–Crippen LogP) is 3.08. The van der Waals surface area contributed by atoms with E-state index in [1.807, 2.05) is 60.7 Å². The third-order valence-electron chi connectivity index (χ3n) is 4.30. The van der Waals surface area contributed by atoms with E-state index in [0.29, 0.717) is 0 Å². The molecule has 1 aliphatic heterocycles. The van der Waals surface area contributed by atoms with Crippen LogP contribution < -0.4 is 0 Å². The third-order valence-corrected chi connectivity index (χ3v) is 5.90. The van der Waals surface area contributed by atoms with Crippen molar-refractivity contribution >= 4 is 7.60 Å². The molecule has 6 nitrogen and oxygen atoms in total. The molecule has 1 saturated heterocycles. The lowest BCUT2D eigenvalue weighted by Crippen LogP contribution is -2.51. The first-order valence-electron chi connectivity index (χ1n) is 8.47. The molecule has 2 aromatic rings. The van der Waals surface area contributed by atoms with E-state index in [-0.39, 0.29) is 13.2 Å². The minimum atomic E-state index is -4.19. The molecule has 3 rings (SSSR count). The Hall–Kier alpha value is -1.53. The van der Waals surface area contributed by atoms with Crippen LogP contribution in [0.5, 0.6) is 0 Å². The summed E-state index contributed by atoms with van der Waals surface area (Å²) in [6.45, 7) is 2.12. The SMILES string of the molecule is C[C@@H]1OP(=O)(O)[C@@H](O)[C@H](OCc2ccccc2)[C@@H]1OCc1ccccc1. The maximum atomic E-state index is 12.2. The monoisotopic (exact) mass is 378 g/mol. The number of benzene rings is 2. The van der Waals surface area contributed by atoms with E-state index in [1.54, 1.807) is 6.92 Å². The molecule has 0 aromatic heterocycles. The van der Waals surface area contributed by atoms with E-state index in [0.717, 1.165) is 11.1 Å². The molecule has 0 saturated carbocycles. The van der Waals surface area contributed by atoms with Gasteiger partial charge in [-0.1, -0.05) is 60.7 Å². The molecule has 5 atom stereocenters. The Morgan fingerprint density at radius 3 is 1.88 bits per heavy atom. The van der Waals surface area contributed by atoms with Crippen molar-refractivity contribution in [1.82, 2.24) is 0 Å². The van der Waals surface area contributed by atoms with Gasteiger partial charge in [0.05, 0.1) is 19.3 Å². The van der Waals surface area contributed by atoms with Crippen molar-refractivity contribution in [1.29, 1.82) is 0 Å². The van der Waals surface area contributed by atoms with Crippen molar-refractivity contribution in [2.24, 2.45) is 0 Å². The van der Waals surface area contributed by atoms with Crippen molar-refractivity contribution in [3.8, 4) is 0 Å². The van der Waals surface area contributed by atoms with Gasteiger partial charge in [-0.05, 0) is 18.1 Å². The summed E-state index contributed by atoms with van der Waals surface area (Å²) >= 11 is 0. The van der Waals surface area contributed by atoms with Gasteiger partial charge in [-0.2, -0.15) is 0 Å². The number of aliphatic hydroxyl groups excluding tert-OH is 1. The molecule has 2 N–H and O–H groups in total. The number of hydrogen-bond acceptors (Lipinski definition) is 5. The van der Waals surface area contributed by atoms with Crippen LogP contribution in [0.3, 0.4) is 0 Å². The van der Waals surface area contributed by atoms with E-state index >= 15 is 0 Å². The largest absolute Gasteiger partial charge is 0.378 e. The molecule has 0 bridgehead atoms. The van der Waals surface area contributed by atoms with Crippen LogP contribution in [0.2, 0.25) is 0 Å². The highest BCUT2D eigenvalue weighted by atomic mass is 31.2. The molecule has 7 heteroatoms. The van der Waals surface area contributed by atoms with Gasteiger partial charge in [-0.25, -0.2) is 0 Å². The van der Waals surface area contributed by atoms with Gasteiger partial charge in [0.2, 0.25) is 0 Å². The zero-order valence-electron chi connectivity index (χ0n) is 14.5. The normalized spacial score (nSPS) is 31.7. The van der Waals surface area contributed by atoms with Gasteiger partial charge < -0.3 is 24.0 Å². The smallest absolute Gasteiger partial charge is 0.359 e. The second-order valence-electron chi connectivity index (χ2n) is 6.31. The average Bonchev–Trinajstić information content (AvgIpc) is 2.64. The van der Waals surface area contributed by atoms with Gasteiger partial charge >= 0.3 is 7.60 Å². The lowest BCUT2D eigenvalue weighted by Gasteiger charge is -2.40. The first kappa shape index (κ1) is 19.2. The van der Waals surface area contributed by atoms with Crippen LogP contribution in [-0.4, -0.2) is 34.2 Å². The fourth-order valence-electron chi connectivity index (χ4n) is 2.93. The van der Waals surface area contributed by atoms with Crippen LogP contribution in [0.15, 0.2) is 60.7 Å². The Morgan fingerprint density at radius 1 is 0.923 bits per heavy atom. The molecule has 1 fully saturated rings. The maximum absolute atomic E-state index is 12.2. The first-order chi connectivity index (χ1) is 12.5. The second kappa shape index (κ2) is 8.44. The van der Waals surface area contributed by atoms with Crippen molar-refractivity contribution in [2.45, 2.75) is 44.3 Å². The number of ether oxygens (including phenoxy) is 2. The summed E-state index contributed by atoms with van der Waals surface area (Å²) in [5.74, 6) is -1.66. The van der Waals surface area contributed by atoms with Gasteiger partial charge in [-0.15, -0.1) is 0 Å². The number of aliphatic hydroxyl groups is 1. The average molecular weight is 378 g/mol. The molecule has 0 aliphatic carbocycles. The number of hydrogen-bond donors (Lipinski definition) is 2. The Kier molecular flexibility index (Phi) is 6.24. The van der Waals surface area contributed by atoms with Crippen molar-refractivity contribution < 1.29 is 28.6 Å². The van der Waals surface area contributed by atoms with Gasteiger partial charge in [0.1, 0.15) is 12.2 Å². The topological polar surface area (TPSA) is 85.2 Å². The minimum absolute atomic E-state index is 0.195. The summed E-state index contributed by atoms with van der Waals surface area (Å²) in [7, 11) is -4.19. The predicted molar refractivity (Wildman–Crippen MR) is 96.4 cm³/mol. The number of rotatable bonds is 6. The Bertz CT molecular complexity index is 738. The Morgan fingerprint density at radius 2 is 1.38 bits per heavy atom. The summed E-state index contributed by atoms with van der Waals surface area (Å²) in [6.07, 6.45) is -2.35. The minimum Gasteiger partial charge on any atom is -0.378 e. The first-order valence-corrected chi connectivity index (χ1v) is 10.1. The quantitative estimate of drug-likeness (QED) is 0.752. The van der Waals surface area contributed by atoms with Gasteiger partial charge in [0, 0.05) is 0 Å². The highest BCUT2D eigenvalue weighted by Gasteiger charge is 2.51. The molecule has 140 valence electrons. The fraction of sp³-hybridized carbons (Fsp3) is 0.368. The summed E-state index contributed by atoms with van der Waals surface area (Å²) in [4.78, 5) is 9.93. The second-order valence-corrected chi connectivity index (χ2v) is 8.18. The van der Waals surface area contributed by atoms with Crippen LogP contribution in [0.4, 0.5) is 0 Å². The zero-order chi connectivity index (χ0) is 18.6. The van der Waals surface area contributed by atoms with E-state index in [9.17, 15) is 14.6 Å². The van der Waals surface area contributed by atoms with Crippen molar-refractivity contribution in [3.63, 3.8) is 0 Å². The summed E-state index contributed by atoms with van der Waals surface area (Å²) in [6, 6.07) is 19.0. The fourth-order valence-corrected chi connectivity index (χ4v) is 4.28. The third kappa shape index (κ3) is 4.60. The molecular formula is C19H23O6P. The van der Waals surface area contributed by atoms with Crippen molar-refractivity contribution in [2.75, 3.05) is 0 Å². The van der Waals surface area contributed by atoms with Gasteiger partial charge in [0.25, 0.3) is 0 Å². The molecule has 1 heterocycles. The molecule has 0 amide bonds. The molecule has 26 heavy (non-hydrogen) atoms. The van der Waals surface area contributed by atoms with Gasteiger partial charge in [-0.3, -0.25) is 4.57 Å². The lowest BCUT2D eigenvalue weighted by molar-refractivity contribution is -0.165. The highest BCUT2D eigenvalue weighted by molar-refractivity contribution is 7.53. The Labute approximate surface area is 152 Å². The van der Waals surface area contributed by atoms with Crippen LogP contribution in [0, 0.1) is 0 Å². The summed E-state index contributed by atoms with van der Waals surface area (Å²) in [5.41, 5.74) is 1.85. The molecule has 2 aromatic carbocycles. The molecule has 0 radical (unpaired) electrons. The zero-order valence-corrected chi connectivity index (χ0v) is 15.4. The van der Waals surface area contributed by atoms with Crippen LogP contribution in [0.25, 0.3) is 0 Å². The van der Waals surface area contributed by atoms with Crippen LogP contribution in [-0.2, 0) is 31.8 Å². The van der Waals surface area contributed by atoms with E-state index in [4.69, 9.17) is 14.0 Å². The molecule has 1 unspecified atom stereocenters. The molecule has 1 aliphatic rings. The Balaban J connectivity index is 1.73. The van der Waals surface area contributed by atoms with Crippen LogP contribution >= 0.6 is 7.60 Å². The van der Waals surface area contributed by atoms with Crippen molar-refractivity contribution in [3.05, 3.63) is 71.8 Å². The molecular weight excluding hydrogens is 355 g/mol. The van der Waals surface area contributed by atoms with Gasteiger partial charge in [0.15, 0.2) is 5.85 Å². The summed E-state index contributed by atoms with van der Waals surface area (Å²) < 4.78 is 29.0. The highest BCUT2D eigenvalue weighted by Crippen LogP contribution is 2.54.